The summed E-state index contributed by atoms with van der Waals surface area (Å²) >= 11 is 0. The molecule has 0 bridgehead atoms. The van der Waals surface area contributed by atoms with Gasteiger partial charge in [-0.3, -0.25) is 4.79 Å². The number of rotatable bonds is 2. The third-order valence-electron chi connectivity index (χ3n) is 4.02. The predicted molar refractivity (Wildman–Crippen MR) is 73.6 cm³/mol. The molecule has 0 radical (unpaired) electrons. The van der Waals surface area contributed by atoms with Gasteiger partial charge >= 0.3 is 5.97 Å². The molecule has 2 aliphatic heterocycles. The number of methoxy groups -OCH3 is 1. The molecule has 0 aliphatic carbocycles. The lowest BCUT2D eigenvalue weighted by molar-refractivity contribution is -0.144. The number of benzene rings is 1. The Bertz CT molecular complexity index is 629. The first-order valence-electron chi connectivity index (χ1n) is 6.83. The Hall–Kier alpha value is -2.30. The number of Topliss-reactive ketones (excluding diaryl/α,β-unsaturated/α-hetero) is 1. The molecule has 0 spiro atoms. The molecule has 0 aromatic heterocycles. The van der Waals surface area contributed by atoms with Gasteiger partial charge in [-0.1, -0.05) is 19.1 Å². The highest BCUT2D eigenvalue weighted by Gasteiger charge is 2.47. The van der Waals surface area contributed by atoms with Crippen LogP contribution in [0, 0.1) is 5.92 Å². The van der Waals surface area contributed by atoms with Crippen LogP contribution in [0.25, 0.3) is 0 Å². The topological polar surface area (TPSA) is 61.8 Å². The molecule has 0 N–H and O–H groups in total. The second kappa shape index (κ2) is 4.91. The van der Waals surface area contributed by atoms with Gasteiger partial charge in [0.05, 0.1) is 18.6 Å². The molecule has 1 aromatic carbocycles. The summed E-state index contributed by atoms with van der Waals surface area (Å²) in [5.74, 6) is -0.191. The van der Waals surface area contributed by atoms with Gasteiger partial charge in [0.15, 0.2) is 11.9 Å². The van der Waals surface area contributed by atoms with Gasteiger partial charge in [0.25, 0.3) is 0 Å². The molecule has 3 rings (SSSR count). The van der Waals surface area contributed by atoms with Crippen LogP contribution in [0.1, 0.15) is 25.5 Å². The van der Waals surface area contributed by atoms with Crippen molar-refractivity contribution in [3.63, 3.8) is 0 Å². The van der Waals surface area contributed by atoms with Gasteiger partial charge in [-0.25, -0.2) is 4.79 Å². The van der Waals surface area contributed by atoms with E-state index in [4.69, 9.17) is 14.2 Å². The van der Waals surface area contributed by atoms with Crippen LogP contribution in [0.3, 0.4) is 0 Å². The number of cyclic esters (lactones) is 1. The fraction of sp³-hybridized carbons (Fsp3) is 0.375. The van der Waals surface area contributed by atoms with E-state index in [0.29, 0.717) is 11.3 Å². The molecular weight excluding hydrogens is 272 g/mol. The van der Waals surface area contributed by atoms with Crippen LogP contribution in [0.4, 0.5) is 0 Å². The maximum Gasteiger partial charge on any atom is 0.375 e. The van der Waals surface area contributed by atoms with E-state index >= 15 is 0 Å². The summed E-state index contributed by atoms with van der Waals surface area (Å²) < 4.78 is 16.0. The van der Waals surface area contributed by atoms with Crippen LogP contribution in [-0.4, -0.2) is 25.0 Å². The first kappa shape index (κ1) is 13.7. The van der Waals surface area contributed by atoms with E-state index in [2.05, 4.69) is 0 Å². The SMILES string of the molecule is COc1ccc([C@@H]2OC(=O)C3=C2C(=O)[C@@H](C)[C@H](C)O3)cc1. The highest BCUT2D eigenvalue weighted by Crippen LogP contribution is 2.41. The number of esters is 1. The summed E-state index contributed by atoms with van der Waals surface area (Å²) in [4.78, 5) is 24.4. The molecule has 0 amide bonds. The lowest BCUT2D eigenvalue weighted by Crippen LogP contribution is -2.33. The van der Waals surface area contributed by atoms with Crippen molar-refractivity contribution in [1.29, 1.82) is 0 Å². The van der Waals surface area contributed by atoms with Crippen molar-refractivity contribution in [3.05, 3.63) is 41.2 Å². The molecule has 1 aromatic rings. The number of ketones is 1. The minimum absolute atomic E-state index is 0.0615. The first-order valence-corrected chi connectivity index (χ1v) is 6.83. The number of carbonyl (C=O) groups is 2. The summed E-state index contributed by atoms with van der Waals surface area (Å²) in [6, 6.07) is 7.09. The normalized spacial score (nSPS) is 28.0. The van der Waals surface area contributed by atoms with Gasteiger partial charge in [-0.05, 0) is 24.6 Å². The van der Waals surface area contributed by atoms with Crippen molar-refractivity contribution in [3.8, 4) is 5.75 Å². The Morgan fingerprint density at radius 1 is 1.05 bits per heavy atom. The summed E-state index contributed by atoms with van der Waals surface area (Å²) in [6.07, 6.45) is -1.01. The number of carbonyl (C=O) groups excluding carboxylic acids is 2. The van der Waals surface area contributed by atoms with Crippen LogP contribution in [0.2, 0.25) is 0 Å². The fourth-order valence-electron chi connectivity index (χ4n) is 2.56. The lowest BCUT2D eigenvalue weighted by atomic mass is 9.87. The number of hydrogen-bond acceptors (Lipinski definition) is 5. The van der Waals surface area contributed by atoms with Gasteiger partial charge in [-0.15, -0.1) is 0 Å². The summed E-state index contributed by atoms with van der Waals surface area (Å²) in [5.41, 5.74) is 1.06. The zero-order valence-electron chi connectivity index (χ0n) is 12.1. The van der Waals surface area contributed by atoms with E-state index in [0.717, 1.165) is 5.56 Å². The van der Waals surface area contributed by atoms with Gasteiger partial charge in [0, 0.05) is 0 Å². The second-order valence-electron chi connectivity index (χ2n) is 5.28. The Labute approximate surface area is 122 Å². The molecule has 3 atom stereocenters. The monoisotopic (exact) mass is 288 g/mol. The highest BCUT2D eigenvalue weighted by atomic mass is 16.6. The zero-order valence-corrected chi connectivity index (χ0v) is 12.1. The van der Waals surface area contributed by atoms with Crippen LogP contribution in [-0.2, 0) is 19.1 Å². The fourth-order valence-corrected chi connectivity index (χ4v) is 2.56. The molecule has 0 saturated heterocycles. The Morgan fingerprint density at radius 2 is 1.71 bits per heavy atom. The molecule has 0 unspecified atom stereocenters. The van der Waals surface area contributed by atoms with E-state index in [1.807, 2.05) is 0 Å². The Balaban J connectivity index is 2.00. The van der Waals surface area contributed by atoms with Crippen molar-refractivity contribution in [1.82, 2.24) is 0 Å². The largest absolute Gasteiger partial charge is 0.497 e. The highest BCUT2D eigenvalue weighted by molar-refractivity contribution is 6.08. The Morgan fingerprint density at radius 3 is 2.33 bits per heavy atom. The van der Waals surface area contributed by atoms with Crippen molar-refractivity contribution in [2.45, 2.75) is 26.1 Å². The zero-order chi connectivity index (χ0) is 15.1. The van der Waals surface area contributed by atoms with Crippen LogP contribution < -0.4 is 4.74 Å². The van der Waals surface area contributed by atoms with E-state index in [-0.39, 0.29) is 23.6 Å². The van der Waals surface area contributed by atoms with Crippen molar-refractivity contribution >= 4 is 11.8 Å². The van der Waals surface area contributed by atoms with Crippen LogP contribution in [0.5, 0.6) is 5.75 Å². The molecule has 2 heterocycles. The standard InChI is InChI=1S/C16H16O5/c1-8-9(2)20-15-12(13(8)17)14(21-16(15)18)10-4-6-11(19-3)7-5-10/h4-9,14H,1-3H3/t8-,9-,14-/m0/s1. The molecule has 21 heavy (non-hydrogen) atoms. The van der Waals surface area contributed by atoms with E-state index in [9.17, 15) is 9.59 Å². The molecule has 5 heteroatoms. The molecule has 110 valence electrons. The van der Waals surface area contributed by atoms with Crippen molar-refractivity contribution in [2.75, 3.05) is 7.11 Å². The minimum Gasteiger partial charge on any atom is -0.497 e. The smallest absolute Gasteiger partial charge is 0.375 e. The summed E-state index contributed by atoms with van der Waals surface area (Å²) in [7, 11) is 1.58. The molecule has 5 nitrogen and oxygen atoms in total. The average molecular weight is 288 g/mol. The lowest BCUT2D eigenvalue weighted by Gasteiger charge is -2.26. The van der Waals surface area contributed by atoms with E-state index in [1.54, 1.807) is 45.2 Å². The quantitative estimate of drug-likeness (QED) is 0.780. The third-order valence-corrected chi connectivity index (χ3v) is 4.02. The first-order chi connectivity index (χ1) is 10.0. The maximum atomic E-state index is 12.5. The van der Waals surface area contributed by atoms with Gasteiger partial charge in [-0.2, -0.15) is 0 Å². The van der Waals surface area contributed by atoms with E-state index in [1.165, 1.54) is 0 Å². The molecule has 0 fully saturated rings. The number of ether oxygens (including phenoxy) is 3. The number of hydrogen-bond donors (Lipinski definition) is 0. The summed E-state index contributed by atoms with van der Waals surface area (Å²) in [6.45, 7) is 3.57. The van der Waals surface area contributed by atoms with Gasteiger partial charge < -0.3 is 14.2 Å². The third kappa shape index (κ3) is 2.09. The van der Waals surface area contributed by atoms with Crippen molar-refractivity contribution < 1.29 is 23.8 Å². The molecule has 0 saturated carbocycles. The summed E-state index contributed by atoms with van der Waals surface area (Å²) in [5, 5.41) is 0. The Kier molecular flexibility index (Phi) is 3.20. The second-order valence-corrected chi connectivity index (χ2v) is 5.28. The van der Waals surface area contributed by atoms with Crippen LogP contribution >= 0.6 is 0 Å². The molecular formula is C16H16O5. The van der Waals surface area contributed by atoms with E-state index < -0.39 is 12.1 Å². The van der Waals surface area contributed by atoms with Crippen molar-refractivity contribution in [2.24, 2.45) is 5.92 Å². The minimum atomic E-state index is -0.694. The molecule has 2 aliphatic rings. The van der Waals surface area contributed by atoms with Gasteiger partial charge in [0.1, 0.15) is 11.9 Å². The predicted octanol–water partition coefficient (Wildman–Crippen LogP) is 2.17. The van der Waals surface area contributed by atoms with Crippen LogP contribution in [0.15, 0.2) is 35.6 Å². The average Bonchev–Trinajstić information content (AvgIpc) is 2.82. The van der Waals surface area contributed by atoms with Gasteiger partial charge in [0.2, 0.25) is 5.76 Å². The maximum absolute atomic E-state index is 12.5.